The van der Waals surface area contributed by atoms with Crippen LogP contribution < -0.4 is 11.3 Å². The van der Waals surface area contributed by atoms with Gasteiger partial charge in [0.25, 0.3) is 5.56 Å². The van der Waals surface area contributed by atoms with E-state index in [1.165, 1.54) is 0 Å². The van der Waals surface area contributed by atoms with Gasteiger partial charge in [0.1, 0.15) is 5.65 Å². The lowest BCUT2D eigenvalue weighted by molar-refractivity contribution is 0.206. The topological polar surface area (TPSA) is 64.2 Å². The molecule has 0 amide bonds. The third-order valence-electron chi connectivity index (χ3n) is 4.02. The molecule has 1 aliphatic heterocycles. The van der Waals surface area contributed by atoms with Gasteiger partial charge in [0.2, 0.25) is 0 Å². The first-order valence-electron chi connectivity index (χ1n) is 7.16. The molecule has 3 rings (SSSR count). The summed E-state index contributed by atoms with van der Waals surface area (Å²) in [6.45, 7) is 3.60. The molecule has 5 nitrogen and oxygen atoms in total. The number of rotatable bonds is 3. The number of nitrogens with two attached hydrogens (primary N) is 1. The number of pyridine rings is 2. The summed E-state index contributed by atoms with van der Waals surface area (Å²) < 4.78 is 1.77. The van der Waals surface area contributed by atoms with Crippen molar-refractivity contribution < 1.29 is 0 Å². The van der Waals surface area contributed by atoms with Crippen LogP contribution in [0.1, 0.15) is 12.8 Å². The van der Waals surface area contributed by atoms with Crippen LogP contribution in [0.5, 0.6) is 0 Å². The number of hydrogen-bond acceptors (Lipinski definition) is 4. The molecule has 0 bridgehead atoms. The van der Waals surface area contributed by atoms with Crippen LogP contribution in [0.15, 0.2) is 35.3 Å². The summed E-state index contributed by atoms with van der Waals surface area (Å²) in [5.41, 5.74) is 6.70. The second-order valence-corrected chi connectivity index (χ2v) is 5.42. The van der Waals surface area contributed by atoms with Crippen LogP contribution in [0.2, 0.25) is 0 Å². The quantitative estimate of drug-likeness (QED) is 0.898. The maximum Gasteiger partial charge on any atom is 0.252 e. The van der Waals surface area contributed by atoms with Crippen LogP contribution in [0.4, 0.5) is 0 Å². The lowest BCUT2D eigenvalue weighted by atomic mass is 10.1. The zero-order valence-corrected chi connectivity index (χ0v) is 11.5. The molecule has 0 aliphatic carbocycles. The van der Waals surface area contributed by atoms with Crippen LogP contribution >= 0.6 is 0 Å². The molecular formula is C15H20N4O. The van der Waals surface area contributed by atoms with Crippen molar-refractivity contribution >= 4 is 11.0 Å². The number of fused-ring (bicyclic) bond motifs is 1. The fourth-order valence-corrected chi connectivity index (χ4v) is 2.75. The van der Waals surface area contributed by atoms with E-state index in [4.69, 9.17) is 5.73 Å². The molecule has 0 aromatic carbocycles. The van der Waals surface area contributed by atoms with Gasteiger partial charge in [-0.3, -0.25) is 9.36 Å². The number of likely N-dealkylation sites (tertiary alicyclic amines) is 1. The van der Waals surface area contributed by atoms with E-state index in [9.17, 15) is 4.79 Å². The molecule has 0 unspecified atom stereocenters. The molecule has 1 saturated heterocycles. The Labute approximate surface area is 118 Å². The second-order valence-electron chi connectivity index (χ2n) is 5.42. The van der Waals surface area contributed by atoms with Crippen molar-refractivity contribution in [2.24, 2.45) is 5.73 Å². The maximum absolute atomic E-state index is 12.0. The van der Waals surface area contributed by atoms with Gasteiger partial charge in [0.15, 0.2) is 0 Å². The minimum Gasteiger partial charge on any atom is -0.328 e. The van der Waals surface area contributed by atoms with Crippen LogP contribution in [-0.4, -0.2) is 40.1 Å². The van der Waals surface area contributed by atoms with Crippen molar-refractivity contribution in [1.29, 1.82) is 0 Å². The molecule has 0 spiro atoms. The highest BCUT2D eigenvalue weighted by Gasteiger charge is 2.16. The van der Waals surface area contributed by atoms with Gasteiger partial charge >= 0.3 is 0 Å². The van der Waals surface area contributed by atoms with E-state index < -0.39 is 0 Å². The molecule has 2 N–H and O–H groups in total. The summed E-state index contributed by atoms with van der Waals surface area (Å²) in [5.74, 6) is 0. The van der Waals surface area contributed by atoms with E-state index in [0.29, 0.717) is 12.6 Å². The van der Waals surface area contributed by atoms with Gasteiger partial charge in [-0.15, -0.1) is 0 Å². The Hall–Kier alpha value is -1.72. The predicted octanol–water partition coefficient (Wildman–Crippen LogP) is 0.820. The Morgan fingerprint density at radius 2 is 2.00 bits per heavy atom. The molecule has 0 saturated carbocycles. The lowest BCUT2D eigenvalue weighted by Gasteiger charge is -2.30. The first-order chi connectivity index (χ1) is 9.74. The summed E-state index contributed by atoms with van der Waals surface area (Å²) >= 11 is 0. The van der Waals surface area contributed by atoms with Crippen molar-refractivity contribution in [2.75, 3.05) is 19.6 Å². The summed E-state index contributed by atoms with van der Waals surface area (Å²) in [6.07, 6.45) is 3.82. The Bertz CT molecular complexity index is 644. The molecular weight excluding hydrogens is 252 g/mol. The minimum atomic E-state index is 0.0184. The summed E-state index contributed by atoms with van der Waals surface area (Å²) in [5, 5.41) is 1.01. The van der Waals surface area contributed by atoms with Gasteiger partial charge in [-0.05, 0) is 44.1 Å². The Kier molecular flexibility index (Phi) is 3.80. The van der Waals surface area contributed by atoms with Crippen LogP contribution in [0.3, 0.4) is 0 Å². The number of aromatic nitrogens is 2. The highest BCUT2D eigenvalue weighted by Crippen LogP contribution is 2.10. The molecule has 1 aliphatic rings. The van der Waals surface area contributed by atoms with Crippen molar-refractivity contribution in [3.63, 3.8) is 0 Å². The number of nitrogens with zero attached hydrogens (tertiary/aromatic N) is 3. The third-order valence-corrected chi connectivity index (χ3v) is 4.02. The van der Waals surface area contributed by atoms with Gasteiger partial charge < -0.3 is 10.6 Å². The molecule has 1 fully saturated rings. The zero-order chi connectivity index (χ0) is 13.9. The van der Waals surface area contributed by atoms with Gasteiger partial charge in [0, 0.05) is 36.8 Å². The molecule has 106 valence electrons. The Balaban J connectivity index is 1.77. The minimum absolute atomic E-state index is 0.0184. The fraction of sp³-hybridized carbons (Fsp3) is 0.467. The van der Waals surface area contributed by atoms with Crippen molar-refractivity contribution in [3.8, 4) is 0 Å². The van der Waals surface area contributed by atoms with E-state index in [-0.39, 0.29) is 5.56 Å². The first kappa shape index (κ1) is 13.3. The normalized spacial score (nSPS) is 17.6. The van der Waals surface area contributed by atoms with Crippen LogP contribution in [0.25, 0.3) is 11.0 Å². The summed E-state index contributed by atoms with van der Waals surface area (Å²) in [7, 11) is 0. The zero-order valence-electron chi connectivity index (χ0n) is 11.5. The average Bonchev–Trinajstić information content (AvgIpc) is 2.48. The van der Waals surface area contributed by atoms with Gasteiger partial charge in [-0.25, -0.2) is 4.98 Å². The molecule has 0 radical (unpaired) electrons. The predicted molar refractivity (Wildman–Crippen MR) is 79.7 cm³/mol. The van der Waals surface area contributed by atoms with Crippen molar-refractivity contribution in [1.82, 2.24) is 14.5 Å². The maximum atomic E-state index is 12.0. The number of piperidine rings is 1. The summed E-state index contributed by atoms with van der Waals surface area (Å²) in [4.78, 5) is 18.8. The van der Waals surface area contributed by atoms with E-state index >= 15 is 0 Å². The lowest BCUT2D eigenvalue weighted by Crippen LogP contribution is -2.41. The molecule has 5 heteroatoms. The summed E-state index contributed by atoms with van der Waals surface area (Å²) in [6, 6.07) is 7.67. The van der Waals surface area contributed by atoms with E-state index in [1.807, 2.05) is 18.2 Å². The van der Waals surface area contributed by atoms with Crippen molar-refractivity contribution in [2.45, 2.75) is 25.4 Å². The monoisotopic (exact) mass is 272 g/mol. The Morgan fingerprint density at radius 3 is 2.80 bits per heavy atom. The Morgan fingerprint density at radius 1 is 1.20 bits per heavy atom. The average molecular weight is 272 g/mol. The van der Waals surface area contributed by atoms with Gasteiger partial charge in [-0.2, -0.15) is 0 Å². The SMILES string of the molecule is NC1CCN(CCn2c(=O)ccc3cccnc32)CC1. The molecule has 20 heavy (non-hydrogen) atoms. The second kappa shape index (κ2) is 5.73. The highest BCUT2D eigenvalue weighted by atomic mass is 16.1. The van der Waals surface area contributed by atoms with Crippen molar-refractivity contribution in [3.05, 3.63) is 40.8 Å². The third kappa shape index (κ3) is 2.73. The van der Waals surface area contributed by atoms with Crippen LogP contribution in [0, 0.1) is 0 Å². The first-order valence-corrected chi connectivity index (χ1v) is 7.16. The van der Waals surface area contributed by atoms with E-state index in [2.05, 4.69) is 9.88 Å². The molecule has 2 aromatic heterocycles. The van der Waals surface area contributed by atoms with Crippen LogP contribution in [-0.2, 0) is 6.54 Å². The van der Waals surface area contributed by atoms with E-state index in [0.717, 1.165) is 43.5 Å². The van der Waals surface area contributed by atoms with E-state index in [1.54, 1.807) is 16.8 Å². The molecule has 2 aromatic rings. The van der Waals surface area contributed by atoms with Gasteiger partial charge in [-0.1, -0.05) is 0 Å². The smallest absolute Gasteiger partial charge is 0.252 e. The van der Waals surface area contributed by atoms with Gasteiger partial charge in [0.05, 0.1) is 0 Å². The fourth-order valence-electron chi connectivity index (χ4n) is 2.75. The molecule has 0 atom stereocenters. The molecule has 3 heterocycles. The highest BCUT2D eigenvalue weighted by molar-refractivity contribution is 5.74. The standard InChI is InChI=1S/C15H20N4O/c16-13-5-8-18(9-6-13)10-11-19-14(20)4-3-12-2-1-7-17-15(12)19/h1-4,7,13H,5-6,8-11,16H2. The number of hydrogen-bond donors (Lipinski definition) is 1. The largest absolute Gasteiger partial charge is 0.328 e.